The number of rotatable bonds is 6. The first-order valence-electron chi connectivity index (χ1n) is 11.5. The van der Waals surface area contributed by atoms with Gasteiger partial charge >= 0.3 is 0 Å². The molecule has 2 aromatic carbocycles. The average molecular weight is 483 g/mol. The van der Waals surface area contributed by atoms with E-state index in [-0.39, 0.29) is 27.7 Å². The second-order valence-electron chi connectivity index (χ2n) is 8.73. The predicted octanol–water partition coefficient (Wildman–Crippen LogP) is 3.69. The molecule has 0 bridgehead atoms. The Labute approximate surface area is 199 Å². The largest absolute Gasteiger partial charge is 0.316 e. The SMILES string of the molecule is Cc1c(NC(=O)c2cccc(S(=O)(=O)N(C)C3CCCCC3)c2)c(=O)n(-c2ccccc2)n1C. The Morgan fingerprint density at radius 1 is 1.03 bits per heavy atom. The van der Waals surface area contributed by atoms with Crippen molar-refractivity contribution in [3.63, 3.8) is 0 Å². The van der Waals surface area contributed by atoms with Gasteiger partial charge in [0.05, 0.1) is 16.3 Å². The van der Waals surface area contributed by atoms with Crippen LogP contribution in [0.4, 0.5) is 5.69 Å². The van der Waals surface area contributed by atoms with E-state index in [1.165, 1.54) is 21.1 Å². The van der Waals surface area contributed by atoms with Crippen molar-refractivity contribution in [2.75, 3.05) is 12.4 Å². The van der Waals surface area contributed by atoms with Gasteiger partial charge in [0.2, 0.25) is 10.0 Å². The maximum atomic E-state index is 13.2. The van der Waals surface area contributed by atoms with E-state index in [1.807, 2.05) is 30.3 Å². The van der Waals surface area contributed by atoms with E-state index < -0.39 is 15.9 Å². The van der Waals surface area contributed by atoms with Crippen molar-refractivity contribution in [3.8, 4) is 5.69 Å². The fourth-order valence-electron chi connectivity index (χ4n) is 4.50. The van der Waals surface area contributed by atoms with Gasteiger partial charge in [0.25, 0.3) is 11.5 Å². The molecule has 0 atom stereocenters. The zero-order chi connectivity index (χ0) is 24.5. The van der Waals surface area contributed by atoms with Crippen LogP contribution in [0.2, 0.25) is 0 Å². The Hall–Kier alpha value is -3.17. The van der Waals surface area contributed by atoms with Crippen molar-refractivity contribution in [2.45, 2.75) is 50.0 Å². The normalized spacial score (nSPS) is 14.9. The number of sulfonamides is 1. The summed E-state index contributed by atoms with van der Waals surface area (Å²) in [6, 6.07) is 15.1. The number of aromatic nitrogens is 2. The molecule has 9 heteroatoms. The molecule has 1 N–H and O–H groups in total. The van der Waals surface area contributed by atoms with Crippen LogP contribution in [0.1, 0.15) is 48.2 Å². The molecule has 0 radical (unpaired) electrons. The smallest absolute Gasteiger partial charge is 0.295 e. The first kappa shape index (κ1) is 24.0. The zero-order valence-corrected chi connectivity index (χ0v) is 20.5. The summed E-state index contributed by atoms with van der Waals surface area (Å²) >= 11 is 0. The number of hydrogen-bond donors (Lipinski definition) is 1. The minimum absolute atomic E-state index is 0.0281. The third kappa shape index (κ3) is 4.45. The molecule has 0 saturated heterocycles. The molecule has 34 heavy (non-hydrogen) atoms. The summed E-state index contributed by atoms with van der Waals surface area (Å²) in [7, 11) is -0.387. The van der Waals surface area contributed by atoms with Crippen LogP contribution in [-0.2, 0) is 17.1 Å². The van der Waals surface area contributed by atoms with Gasteiger partial charge in [0, 0.05) is 25.7 Å². The first-order chi connectivity index (χ1) is 16.2. The number of carbonyl (C=O) groups excluding carboxylic acids is 1. The molecule has 1 aliphatic carbocycles. The van der Waals surface area contributed by atoms with Crippen molar-refractivity contribution < 1.29 is 13.2 Å². The van der Waals surface area contributed by atoms with Crippen LogP contribution in [0.5, 0.6) is 0 Å². The van der Waals surface area contributed by atoms with Crippen molar-refractivity contribution in [3.05, 3.63) is 76.2 Å². The van der Waals surface area contributed by atoms with Gasteiger partial charge in [0.15, 0.2) is 0 Å². The van der Waals surface area contributed by atoms with E-state index in [4.69, 9.17) is 0 Å². The minimum Gasteiger partial charge on any atom is -0.316 e. The highest BCUT2D eigenvalue weighted by Crippen LogP contribution is 2.27. The lowest BCUT2D eigenvalue weighted by atomic mass is 9.96. The van der Waals surface area contributed by atoms with Crippen LogP contribution >= 0.6 is 0 Å². The van der Waals surface area contributed by atoms with Gasteiger partial charge in [0.1, 0.15) is 5.69 Å². The summed E-state index contributed by atoms with van der Waals surface area (Å²) in [5, 5.41) is 2.70. The number of benzene rings is 2. The molecular formula is C25H30N4O4S. The first-order valence-corrected chi connectivity index (χ1v) is 12.9. The fourth-order valence-corrected chi connectivity index (χ4v) is 5.97. The van der Waals surface area contributed by atoms with Crippen LogP contribution in [-0.4, -0.2) is 41.1 Å². The second-order valence-corrected chi connectivity index (χ2v) is 10.7. The third-order valence-corrected chi connectivity index (χ3v) is 8.56. The van der Waals surface area contributed by atoms with Crippen molar-refractivity contribution >= 4 is 21.6 Å². The summed E-state index contributed by atoms with van der Waals surface area (Å²) in [5.74, 6) is -0.539. The van der Waals surface area contributed by atoms with E-state index in [1.54, 1.807) is 37.8 Å². The van der Waals surface area contributed by atoms with Gasteiger partial charge in [-0.1, -0.05) is 43.5 Å². The average Bonchev–Trinajstić information content (AvgIpc) is 3.07. The number of para-hydroxylation sites is 1. The molecule has 4 rings (SSSR count). The number of carbonyl (C=O) groups is 1. The quantitative estimate of drug-likeness (QED) is 0.580. The molecule has 1 fully saturated rings. The molecular weight excluding hydrogens is 452 g/mol. The van der Waals surface area contributed by atoms with Crippen LogP contribution in [0.15, 0.2) is 64.3 Å². The molecule has 1 aromatic heterocycles. The second kappa shape index (κ2) is 9.60. The molecule has 0 unspecified atom stereocenters. The van der Waals surface area contributed by atoms with Crippen LogP contribution in [0, 0.1) is 6.92 Å². The van der Waals surface area contributed by atoms with E-state index in [0.717, 1.165) is 32.1 Å². The van der Waals surface area contributed by atoms with Gasteiger partial charge in [-0.25, -0.2) is 13.1 Å². The molecule has 1 aliphatic rings. The van der Waals surface area contributed by atoms with E-state index in [0.29, 0.717) is 11.4 Å². The van der Waals surface area contributed by atoms with Crippen molar-refractivity contribution in [1.29, 1.82) is 0 Å². The summed E-state index contributed by atoms with van der Waals surface area (Å²) in [5.41, 5.74) is 1.23. The lowest BCUT2D eigenvalue weighted by Gasteiger charge is -2.30. The molecule has 8 nitrogen and oxygen atoms in total. The Kier molecular flexibility index (Phi) is 6.77. The molecule has 3 aromatic rings. The van der Waals surface area contributed by atoms with E-state index >= 15 is 0 Å². The number of anilines is 1. The lowest BCUT2D eigenvalue weighted by Crippen LogP contribution is -2.38. The molecule has 1 amide bonds. The standard InChI is InChI=1S/C25H30N4O4S/c1-18-23(25(31)29(27(18)2)21-14-8-5-9-15-21)26-24(30)19-11-10-16-22(17-19)34(32,33)28(3)20-12-6-4-7-13-20/h5,8-11,14-17,20H,4,6-7,12-13H2,1-3H3,(H,26,30). The number of amides is 1. The Balaban J connectivity index is 1.61. The van der Waals surface area contributed by atoms with E-state index in [2.05, 4.69) is 5.32 Å². The fraction of sp³-hybridized carbons (Fsp3) is 0.360. The summed E-state index contributed by atoms with van der Waals surface area (Å²) < 4.78 is 31.0. The van der Waals surface area contributed by atoms with Crippen LogP contribution < -0.4 is 10.9 Å². The van der Waals surface area contributed by atoms with Gasteiger partial charge in [-0.05, 0) is 50.1 Å². The van der Waals surface area contributed by atoms with Crippen molar-refractivity contribution in [2.24, 2.45) is 7.05 Å². The molecule has 0 spiro atoms. The molecule has 1 saturated carbocycles. The topological polar surface area (TPSA) is 93.4 Å². The Morgan fingerprint density at radius 3 is 2.38 bits per heavy atom. The third-order valence-electron chi connectivity index (χ3n) is 6.65. The van der Waals surface area contributed by atoms with Gasteiger partial charge in [-0.2, -0.15) is 4.31 Å². The highest BCUT2D eigenvalue weighted by atomic mass is 32.2. The Bertz CT molecular complexity index is 1350. The van der Waals surface area contributed by atoms with E-state index in [9.17, 15) is 18.0 Å². The molecule has 1 heterocycles. The maximum Gasteiger partial charge on any atom is 0.295 e. The van der Waals surface area contributed by atoms with Crippen LogP contribution in [0.3, 0.4) is 0 Å². The lowest BCUT2D eigenvalue weighted by molar-refractivity contribution is 0.102. The highest BCUT2D eigenvalue weighted by Gasteiger charge is 2.29. The van der Waals surface area contributed by atoms with Gasteiger partial charge < -0.3 is 5.32 Å². The summed E-state index contributed by atoms with van der Waals surface area (Å²) in [6.45, 7) is 1.75. The van der Waals surface area contributed by atoms with Crippen LogP contribution in [0.25, 0.3) is 5.69 Å². The summed E-state index contributed by atoms with van der Waals surface area (Å²) in [4.78, 5) is 26.2. The van der Waals surface area contributed by atoms with Crippen molar-refractivity contribution in [1.82, 2.24) is 13.7 Å². The highest BCUT2D eigenvalue weighted by molar-refractivity contribution is 7.89. The summed E-state index contributed by atoms with van der Waals surface area (Å²) in [6.07, 6.45) is 4.85. The monoisotopic (exact) mass is 482 g/mol. The molecule has 180 valence electrons. The zero-order valence-electron chi connectivity index (χ0n) is 19.7. The number of nitrogens with one attached hydrogen (secondary N) is 1. The molecule has 0 aliphatic heterocycles. The van der Waals surface area contributed by atoms with Gasteiger partial charge in [-0.3, -0.25) is 14.3 Å². The maximum absolute atomic E-state index is 13.2. The Morgan fingerprint density at radius 2 is 1.71 bits per heavy atom. The van der Waals surface area contributed by atoms with Gasteiger partial charge in [-0.15, -0.1) is 0 Å². The predicted molar refractivity (Wildman–Crippen MR) is 132 cm³/mol. The number of hydrogen-bond acceptors (Lipinski definition) is 4. The minimum atomic E-state index is -3.74. The number of nitrogens with zero attached hydrogens (tertiary/aromatic N) is 3.